The Hall–Kier alpha value is -0.0700. The van der Waals surface area contributed by atoms with Gasteiger partial charge in [0.2, 0.25) is 0 Å². The normalized spacial score (nSPS) is 14.1. The SMILES string of the molecule is CCCCC(F)CC(C)C. The summed E-state index contributed by atoms with van der Waals surface area (Å²) in [6.07, 6.45) is 3.08. The number of rotatable bonds is 5. The zero-order valence-corrected chi connectivity index (χ0v) is 7.36. The minimum absolute atomic E-state index is 0.506. The van der Waals surface area contributed by atoms with Gasteiger partial charge in [-0.3, -0.25) is 0 Å². The van der Waals surface area contributed by atoms with Crippen LogP contribution in [0.5, 0.6) is 0 Å². The van der Waals surface area contributed by atoms with Gasteiger partial charge in [-0.05, 0) is 18.8 Å². The van der Waals surface area contributed by atoms with Gasteiger partial charge < -0.3 is 0 Å². The fraction of sp³-hybridized carbons (Fsp3) is 1.00. The molecule has 1 atom stereocenters. The smallest absolute Gasteiger partial charge is 0.100 e. The summed E-state index contributed by atoms with van der Waals surface area (Å²) in [5.41, 5.74) is 0. The van der Waals surface area contributed by atoms with Gasteiger partial charge in [0.25, 0.3) is 0 Å². The second kappa shape index (κ2) is 5.70. The molecule has 0 saturated carbocycles. The van der Waals surface area contributed by atoms with Gasteiger partial charge in [0.1, 0.15) is 6.17 Å². The lowest BCUT2D eigenvalue weighted by atomic mass is 10.0. The van der Waals surface area contributed by atoms with Crippen molar-refractivity contribution in [3.05, 3.63) is 0 Å². The molecule has 0 rings (SSSR count). The standard InChI is InChI=1S/C9H19F/c1-4-5-6-9(10)7-8(2)3/h8-9H,4-7H2,1-3H3. The van der Waals surface area contributed by atoms with Crippen molar-refractivity contribution in [3.63, 3.8) is 0 Å². The number of halogens is 1. The topological polar surface area (TPSA) is 0 Å². The summed E-state index contributed by atoms with van der Waals surface area (Å²) in [7, 11) is 0. The van der Waals surface area contributed by atoms with Crippen LogP contribution in [0.15, 0.2) is 0 Å². The van der Waals surface area contributed by atoms with Crippen LogP contribution in [0.2, 0.25) is 0 Å². The number of alkyl halides is 1. The van der Waals surface area contributed by atoms with E-state index >= 15 is 0 Å². The van der Waals surface area contributed by atoms with Crippen LogP contribution in [-0.4, -0.2) is 6.17 Å². The summed E-state index contributed by atoms with van der Waals surface area (Å²) >= 11 is 0. The molecule has 0 aromatic heterocycles. The van der Waals surface area contributed by atoms with E-state index in [4.69, 9.17) is 0 Å². The third-order valence-electron chi connectivity index (χ3n) is 1.60. The summed E-state index contributed by atoms with van der Waals surface area (Å²) < 4.78 is 12.8. The molecule has 0 spiro atoms. The molecule has 0 aliphatic rings. The predicted molar refractivity (Wildman–Crippen MR) is 43.9 cm³/mol. The van der Waals surface area contributed by atoms with Gasteiger partial charge >= 0.3 is 0 Å². The quantitative estimate of drug-likeness (QED) is 0.556. The van der Waals surface area contributed by atoms with Crippen LogP contribution >= 0.6 is 0 Å². The Kier molecular flexibility index (Phi) is 5.66. The lowest BCUT2D eigenvalue weighted by Crippen LogP contribution is -2.03. The van der Waals surface area contributed by atoms with Crippen molar-refractivity contribution in [2.24, 2.45) is 5.92 Å². The Labute approximate surface area is 63.8 Å². The second-order valence-corrected chi connectivity index (χ2v) is 3.37. The van der Waals surface area contributed by atoms with Crippen molar-refractivity contribution in [2.45, 2.75) is 52.6 Å². The summed E-state index contributed by atoms with van der Waals surface area (Å²) in [5, 5.41) is 0. The van der Waals surface area contributed by atoms with Crippen molar-refractivity contribution >= 4 is 0 Å². The Morgan fingerprint density at radius 1 is 1.30 bits per heavy atom. The largest absolute Gasteiger partial charge is 0.247 e. The van der Waals surface area contributed by atoms with E-state index in [0.29, 0.717) is 5.92 Å². The van der Waals surface area contributed by atoms with Crippen LogP contribution in [0.1, 0.15) is 46.5 Å². The van der Waals surface area contributed by atoms with Crippen LogP contribution in [0.25, 0.3) is 0 Å². The molecule has 0 N–H and O–H groups in total. The lowest BCUT2D eigenvalue weighted by molar-refractivity contribution is 0.262. The van der Waals surface area contributed by atoms with E-state index in [2.05, 4.69) is 20.8 Å². The Morgan fingerprint density at radius 3 is 2.30 bits per heavy atom. The zero-order valence-electron chi connectivity index (χ0n) is 7.36. The molecule has 0 bridgehead atoms. The molecule has 1 heteroatoms. The second-order valence-electron chi connectivity index (χ2n) is 3.37. The Bertz CT molecular complexity index is 69.1. The summed E-state index contributed by atoms with van der Waals surface area (Å²) in [6.45, 7) is 6.24. The van der Waals surface area contributed by atoms with Crippen LogP contribution in [0.4, 0.5) is 4.39 Å². The highest BCUT2D eigenvalue weighted by molar-refractivity contribution is 4.58. The summed E-state index contributed by atoms with van der Waals surface area (Å²) in [4.78, 5) is 0. The van der Waals surface area contributed by atoms with Crippen LogP contribution in [-0.2, 0) is 0 Å². The molecule has 0 fully saturated rings. The fourth-order valence-electron chi connectivity index (χ4n) is 1.05. The highest BCUT2D eigenvalue weighted by Gasteiger charge is 2.07. The number of unbranched alkanes of at least 4 members (excludes halogenated alkanes) is 1. The van der Waals surface area contributed by atoms with Crippen LogP contribution in [0, 0.1) is 5.92 Å². The van der Waals surface area contributed by atoms with Gasteiger partial charge in [0, 0.05) is 0 Å². The molecule has 0 saturated heterocycles. The molecule has 0 aliphatic heterocycles. The van der Waals surface area contributed by atoms with Crippen molar-refractivity contribution in [1.29, 1.82) is 0 Å². The van der Waals surface area contributed by atoms with Gasteiger partial charge in [0.15, 0.2) is 0 Å². The van der Waals surface area contributed by atoms with Crippen molar-refractivity contribution in [3.8, 4) is 0 Å². The Morgan fingerprint density at radius 2 is 1.90 bits per heavy atom. The first-order valence-electron chi connectivity index (χ1n) is 4.30. The molecular formula is C9H19F. The first kappa shape index (κ1) is 9.93. The fourth-order valence-corrected chi connectivity index (χ4v) is 1.05. The molecule has 0 amide bonds. The van der Waals surface area contributed by atoms with Gasteiger partial charge in [-0.2, -0.15) is 0 Å². The average molecular weight is 146 g/mol. The van der Waals surface area contributed by atoms with E-state index in [1.807, 2.05) is 0 Å². The Balaban J connectivity index is 3.16. The van der Waals surface area contributed by atoms with Crippen LogP contribution in [0.3, 0.4) is 0 Å². The minimum atomic E-state index is -0.556. The monoisotopic (exact) mass is 146 g/mol. The van der Waals surface area contributed by atoms with Crippen molar-refractivity contribution < 1.29 is 4.39 Å². The van der Waals surface area contributed by atoms with Gasteiger partial charge in [-0.25, -0.2) is 4.39 Å². The van der Waals surface area contributed by atoms with E-state index in [0.717, 1.165) is 25.7 Å². The van der Waals surface area contributed by atoms with E-state index in [1.54, 1.807) is 0 Å². The summed E-state index contributed by atoms with van der Waals surface area (Å²) in [5.74, 6) is 0.506. The third kappa shape index (κ3) is 6.06. The first-order valence-corrected chi connectivity index (χ1v) is 4.30. The molecule has 0 aliphatic carbocycles. The first-order chi connectivity index (χ1) is 4.66. The molecule has 0 nitrogen and oxygen atoms in total. The average Bonchev–Trinajstić information content (AvgIpc) is 1.82. The van der Waals surface area contributed by atoms with E-state index in [9.17, 15) is 4.39 Å². The van der Waals surface area contributed by atoms with Gasteiger partial charge in [0.05, 0.1) is 0 Å². The molecule has 1 unspecified atom stereocenters. The highest BCUT2D eigenvalue weighted by Crippen LogP contribution is 2.13. The van der Waals surface area contributed by atoms with Crippen molar-refractivity contribution in [1.82, 2.24) is 0 Å². The molecule has 0 heterocycles. The maximum atomic E-state index is 12.8. The van der Waals surface area contributed by atoms with E-state index in [1.165, 1.54) is 0 Å². The van der Waals surface area contributed by atoms with E-state index in [-0.39, 0.29) is 0 Å². The number of hydrogen-bond donors (Lipinski definition) is 0. The molecule has 0 aromatic rings. The maximum absolute atomic E-state index is 12.8. The van der Waals surface area contributed by atoms with Crippen LogP contribution < -0.4 is 0 Å². The van der Waals surface area contributed by atoms with Gasteiger partial charge in [-0.15, -0.1) is 0 Å². The minimum Gasteiger partial charge on any atom is -0.247 e. The molecule has 62 valence electrons. The molecule has 0 aromatic carbocycles. The highest BCUT2D eigenvalue weighted by atomic mass is 19.1. The third-order valence-corrected chi connectivity index (χ3v) is 1.60. The van der Waals surface area contributed by atoms with Gasteiger partial charge in [-0.1, -0.05) is 33.6 Å². The lowest BCUT2D eigenvalue weighted by Gasteiger charge is -2.08. The maximum Gasteiger partial charge on any atom is 0.100 e. The molecule has 10 heavy (non-hydrogen) atoms. The predicted octanol–water partition coefficient (Wildman–Crippen LogP) is 3.56. The molecule has 0 radical (unpaired) electrons. The number of hydrogen-bond acceptors (Lipinski definition) is 0. The van der Waals surface area contributed by atoms with Crippen molar-refractivity contribution in [2.75, 3.05) is 0 Å². The zero-order chi connectivity index (χ0) is 7.98. The molecular weight excluding hydrogens is 127 g/mol. The summed E-state index contributed by atoms with van der Waals surface area (Å²) in [6, 6.07) is 0. The van der Waals surface area contributed by atoms with E-state index < -0.39 is 6.17 Å².